The van der Waals surface area contributed by atoms with Crippen molar-refractivity contribution in [3.8, 4) is 0 Å². The molecule has 0 radical (unpaired) electrons. The molecule has 7 heteroatoms. The van der Waals surface area contributed by atoms with E-state index in [-0.39, 0.29) is 13.2 Å². The third kappa shape index (κ3) is 2.16. The highest BCUT2D eigenvalue weighted by molar-refractivity contribution is 5.81. The van der Waals surface area contributed by atoms with Crippen LogP contribution in [0.4, 0.5) is 8.78 Å². The van der Waals surface area contributed by atoms with E-state index in [1.165, 1.54) is 0 Å². The largest absolute Gasteiger partial charge is 0.368 e. The van der Waals surface area contributed by atoms with Crippen molar-refractivity contribution in [2.45, 2.75) is 31.3 Å². The summed E-state index contributed by atoms with van der Waals surface area (Å²) in [4.78, 5) is 11.6. The number of amides is 1. The number of hydrogen-bond donors (Lipinski definition) is 1. The zero-order valence-electron chi connectivity index (χ0n) is 8.58. The molecule has 2 aliphatic rings. The molecule has 0 aromatic rings. The van der Waals surface area contributed by atoms with Crippen LogP contribution in [0.15, 0.2) is 0 Å². The molecule has 0 spiro atoms. The summed E-state index contributed by atoms with van der Waals surface area (Å²) in [7, 11) is 0. The van der Waals surface area contributed by atoms with Crippen LogP contribution in [0.1, 0.15) is 12.8 Å². The lowest BCUT2D eigenvalue weighted by Crippen LogP contribution is -2.57. The van der Waals surface area contributed by atoms with Gasteiger partial charge in [0.15, 0.2) is 0 Å². The Bertz CT molecular complexity index is 262. The zero-order valence-corrected chi connectivity index (χ0v) is 8.58. The minimum absolute atomic E-state index is 0.0378. The average molecular weight is 237 g/mol. The summed E-state index contributed by atoms with van der Waals surface area (Å²) in [6, 6.07) is 0. The van der Waals surface area contributed by atoms with E-state index in [4.69, 9.17) is 14.2 Å². The van der Waals surface area contributed by atoms with Gasteiger partial charge in [0, 0.05) is 6.61 Å². The minimum atomic E-state index is -2.93. The summed E-state index contributed by atoms with van der Waals surface area (Å²) < 4.78 is 40.1. The molecule has 92 valence electrons. The number of halogens is 2. The molecule has 5 nitrogen and oxygen atoms in total. The number of nitrogens with one attached hydrogen (secondary N) is 1. The highest BCUT2D eigenvalue weighted by atomic mass is 19.3. The predicted octanol–water partition coefficient (Wildman–Crippen LogP) is 0.247. The standard InChI is InChI=1S/C9H13F2NO4/c10-8(11)9(15-4-5-16-9)12-7(13)6-2-1-3-14-6/h6,8H,1-5H2,(H,12,13)/t6-/m1/s1. The Hall–Kier alpha value is -0.790. The van der Waals surface area contributed by atoms with Crippen molar-refractivity contribution < 1.29 is 27.8 Å². The maximum atomic E-state index is 12.7. The Kier molecular flexibility index (Phi) is 3.36. The smallest absolute Gasteiger partial charge is 0.315 e. The van der Waals surface area contributed by atoms with Crippen LogP contribution in [0.5, 0.6) is 0 Å². The van der Waals surface area contributed by atoms with E-state index >= 15 is 0 Å². The van der Waals surface area contributed by atoms with E-state index in [1.54, 1.807) is 0 Å². The number of carbonyl (C=O) groups is 1. The van der Waals surface area contributed by atoms with Crippen LogP contribution in [0.3, 0.4) is 0 Å². The van der Waals surface area contributed by atoms with Gasteiger partial charge in [-0.3, -0.25) is 10.1 Å². The van der Waals surface area contributed by atoms with Crippen molar-refractivity contribution in [1.29, 1.82) is 0 Å². The number of ether oxygens (including phenoxy) is 3. The highest BCUT2D eigenvalue weighted by Crippen LogP contribution is 2.25. The minimum Gasteiger partial charge on any atom is -0.368 e. The van der Waals surface area contributed by atoms with Crippen LogP contribution in [-0.4, -0.2) is 44.2 Å². The molecule has 2 rings (SSSR count). The maximum Gasteiger partial charge on any atom is 0.315 e. The van der Waals surface area contributed by atoms with Crippen LogP contribution in [-0.2, 0) is 19.0 Å². The summed E-state index contributed by atoms with van der Waals surface area (Å²) >= 11 is 0. The van der Waals surface area contributed by atoms with Crippen LogP contribution >= 0.6 is 0 Å². The van der Waals surface area contributed by atoms with Gasteiger partial charge in [0.2, 0.25) is 0 Å². The average Bonchev–Trinajstić information content (AvgIpc) is 2.88. The second-order valence-corrected chi connectivity index (χ2v) is 3.66. The third-order valence-electron chi connectivity index (χ3n) is 2.52. The van der Waals surface area contributed by atoms with E-state index in [0.29, 0.717) is 13.0 Å². The lowest BCUT2D eigenvalue weighted by Gasteiger charge is -2.27. The van der Waals surface area contributed by atoms with Crippen molar-refractivity contribution in [2.75, 3.05) is 19.8 Å². The molecule has 2 heterocycles. The lowest BCUT2D eigenvalue weighted by molar-refractivity contribution is -0.252. The van der Waals surface area contributed by atoms with Crippen molar-refractivity contribution in [3.63, 3.8) is 0 Å². The fourth-order valence-corrected chi connectivity index (χ4v) is 1.72. The summed E-state index contributed by atoms with van der Waals surface area (Å²) in [5, 5.41) is 2.08. The van der Waals surface area contributed by atoms with Gasteiger partial charge in [0.05, 0.1) is 13.2 Å². The normalized spacial score (nSPS) is 28.6. The number of hydrogen-bond acceptors (Lipinski definition) is 4. The van der Waals surface area contributed by atoms with Gasteiger partial charge in [-0.25, -0.2) is 8.78 Å². The lowest BCUT2D eigenvalue weighted by atomic mass is 10.2. The first-order valence-electron chi connectivity index (χ1n) is 5.14. The fourth-order valence-electron chi connectivity index (χ4n) is 1.72. The monoisotopic (exact) mass is 237 g/mol. The van der Waals surface area contributed by atoms with Gasteiger partial charge in [-0.15, -0.1) is 0 Å². The second-order valence-electron chi connectivity index (χ2n) is 3.66. The summed E-state index contributed by atoms with van der Waals surface area (Å²) in [5.74, 6) is -2.90. The molecule has 0 aliphatic carbocycles. The van der Waals surface area contributed by atoms with Gasteiger partial charge in [-0.2, -0.15) is 0 Å². The van der Waals surface area contributed by atoms with Crippen molar-refractivity contribution in [3.05, 3.63) is 0 Å². The summed E-state index contributed by atoms with van der Waals surface area (Å²) in [5.41, 5.74) is 0. The summed E-state index contributed by atoms with van der Waals surface area (Å²) in [6.45, 7) is 0.549. The Morgan fingerprint density at radius 1 is 1.31 bits per heavy atom. The molecule has 0 unspecified atom stereocenters. The van der Waals surface area contributed by atoms with Gasteiger partial charge >= 0.3 is 12.3 Å². The van der Waals surface area contributed by atoms with Crippen LogP contribution < -0.4 is 5.32 Å². The van der Waals surface area contributed by atoms with Crippen molar-refractivity contribution in [2.24, 2.45) is 0 Å². The molecule has 1 amide bonds. The molecular weight excluding hydrogens is 224 g/mol. The van der Waals surface area contributed by atoms with Gasteiger partial charge in [0.25, 0.3) is 5.91 Å². The number of rotatable bonds is 3. The highest BCUT2D eigenvalue weighted by Gasteiger charge is 2.48. The Balaban J connectivity index is 1.97. The zero-order chi connectivity index (χ0) is 11.6. The molecule has 0 saturated carbocycles. The van der Waals surface area contributed by atoms with Crippen molar-refractivity contribution in [1.82, 2.24) is 5.32 Å². The number of carbonyl (C=O) groups excluding carboxylic acids is 1. The Morgan fingerprint density at radius 2 is 2.00 bits per heavy atom. The van der Waals surface area contributed by atoms with Crippen LogP contribution in [0, 0.1) is 0 Å². The number of alkyl halides is 2. The van der Waals surface area contributed by atoms with E-state index in [0.717, 1.165) is 6.42 Å². The van der Waals surface area contributed by atoms with Crippen LogP contribution in [0.25, 0.3) is 0 Å². The molecule has 0 bridgehead atoms. The van der Waals surface area contributed by atoms with E-state index < -0.39 is 24.3 Å². The topological polar surface area (TPSA) is 56.8 Å². The first kappa shape index (κ1) is 11.7. The molecule has 0 aromatic carbocycles. The predicted molar refractivity (Wildman–Crippen MR) is 47.8 cm³/mol. The molecule has 2 fully saturated rings. The van der Waals surface area contributed by atoms with Gasteiger partial charge in [0.1, 0.15) is 6.10 Å². The Labute approximate surface area is 91.0 Å². The first-order chi connectivity index (χ1) is 7.64. The molecule has 1 atom stereocenters. The van der Waals surface area contributed by atoms with E-state index in [1.807, 2.05) is 0 Å². The van der Waals surface area contributed by atoms with E-state index in [9.17, 15) is 13.6 Å². The fraction of sp³-hybridized carbons (Fsp3) is 0.889. The van der Waals surface area contributed by atoms with E-state index in [2.05, 4.69) is 5.32 Å². The first-order valence-corrected chi connectivity index (χ1v) is 5.14. The summed E-state index contributed by atoms with van der Waals surface area (Å²) in [6.07, 6.45) is -2.32. The quantitative estimate of drug-likeness (QED) is 0.764. The van der Waals surface area contributed by atoms with Crippen molar-refractivity contribution >= 4 is 5.91 Å². The third-order valence-corrected chi connectivity index (χ3v) is 2.52. The van der Waals surface area contributed by atoms with Gasteiger partial charge in [-0.1, -0.05) is 0 Å². The second kappa shape index (κ2) is 4.60. The van der Waals surface area contributed by atoms with Gasteiger partial charge < -0.3 is 14.2 Å². The molecule has 0 aromatic heterocycles. The van der Waals surface area contributed by atoms with Gasteiger partial charge in [-0.05, 0) is 12.8 Å². The van der Waals surface area contributed by atoms with Crippen LogP contribution in [0.2, 0.25) is 0 Å². The molecule has 1 N–H and O–H groups in total. The molecular formula is C9H13F2NO4. The Morgan fingerprint density at radius 3 is 2.50 bits per heavy atom. The maximum absolute atomic E-state index is 12.7. The molecule has 16 heavy (non-hydrogen) atoms. The SMILES string of the molecule is O=C(NC1(C(F)F)OCCO1)[C@H]1CCCO1. The molecule has 2 saturated heterocycles. The molecule has 2 aliphatic heterocycles.